The fourth-order valence-electron chi connectivity index (χ4n) is 4.82. The van der Waals surface area contributed by atoms with Crippen molar-refractivity contribution < 1.29 is 27.6 Å². The summed E-state index contributed by atoms with van der Waals surface area (Å²) in [4.78, 5) is 40.2. The number of amides is 3. The van der Waals surface area contributed by atoms with Gasteiger partial charge in [0.25, 0.3) is 5.92 Å². The number of hydrogen-bond donors (Lipinski definition) is 5. The molecule has 3 rings (SSSR count). The quantitative estimate of drug-likeness (QED) is 0.232. The maximum Gasteiger partial charge on any atom is 0.287 e. The van der Waals surface area contributed by atoms with Crippen LogP contribution in [-0.4, -0.2) is 72.5 Å². The van der Waals surface area contributed by atoms with E-state index >= 15 is 0 Å². The predicted octanol–water partition coefficient (Wildman–Crippen LogP) is 2.06. The van der Waals surface area contributed by atoms with Gasteiger partial charge in [0.2, 0.25) is 17.7 Å². The minimum absolute atomic E-state index is 0.230. The number of rotatable bonds is 14. The van der Waals surface area contributed by atoms with Crippen molar-refractivity contribution in [3.63, 3.8) is 0 Å². The Bertz CT molecular complexity index is 1170. The molecule has 1 fully saturated rings. The summed E-state index contributed by atoms with van der Waals surface area (Å²) in [6, 6.07) is 12.9. The maximum atomic E-state index is 14.2. The molecule has 0 spiro atoms. The van der Waals surface area contributed by atoms with Crippen molar-refractivity contribution in [2.24, 2.45) is 17.2 Å². The SMILES string of the molecule is CC1(F)CC(c2ccc(NC(=O)C(CCc3ccccc3)NC(=O)C(N)CC(=O)N(CCN)CCN)cc2)C1(F)F. The van der Waals surface area contributed by atoms with Gasteiger partial charge in [-0.25, -0.2) is 13.2 Å². The molecule has 4 unspecified atom stereocenters. The summed E-state index contributed by atoms with van der Waals surface area (Å²) in [5, 5.41) is 5.34. The molecule has 4 atom stereocenters. The third-order valence-electron chi connectivity index (χ3n) is 7.38. The van der Waals surface area contributed by atoms with Crippen molar-refractivity contribution in [1.29, 1.82) is 0 Å². The Morgan fingerprint density at radius 3 is 2.12 bits per heavy atom. The Morgan fingerprint density at radius 1 is 0.976 bits per heavy atom. The van der Waals surface area contributed by atoms with E-state index < -0.39 is 41.4 Å². The Balaban J connectivity index is 1.67. The van der Waals surface area contributed by atoms with Gasteiger partial charge in [0.15, 0.2) is 5.67 Å². The summed E-state index contributed by atoms with van der Waals surface area (Å²) < 4.78 is 42.2. The molecule has 0 heterocycles. The topological polar surface area (TPSA) is 157 Å². The van der Waals surface area contributed by atoms with E-state index in [0.717, 1.165) is 12.5 Å². The lowest BCUT2D eigenvalue weighted by Crippen LogP contribution is -2.57. The van der Waals surface area contributed by atoms with E-state index in [-0.39, 0.29) is 56.9 Å². The van der Waals surface area contributed by atoms with Gasteiger partial charge in [0.05, 0.1) is 18.4 Å². The summed E-state index contributed by atoms with van der Waals surface area (Å²) in [5.74, 6) is -6.31. The number of benzene rings is 2. The molecule has 0 aromatic heterocycles. The highest BCUT2D eigenvalue weighted by Gasteiger charge is 2.67. The van der Waals surface area contributed by atoms with Crippen LogP contribution in [0.3, 0.4) is 0 Å². The summed E-state index contributed by atoms with van der Waals surface area (Å²) in [5.41, 5.74) is 16.1. The number of alkyl halides is 3. The first kappa shape index (κ1) is 32.0. The van der Waals surface area contributed by atoms with E-state index in [9.17, 15) is 27.6 Å². The number of nitrogens with zero attached hydrogens (tertiary/aromatic N) is 1. The molecule has 0 bridgehead atoms. The molecule has 0 aliphatic heterocycles. The number of halogens is 3. The maximum absolute atomic E-state index is 14.2. The number of carbonyl (C=O) groups excluding carboxylic acids is 3. The minimum atomic E-state index is -3.48. The number of nitrogens with two attached hydrogens (primary N) is 3. The van der Waals surface area contributed by atoms with Crippen LogP contribution in [0.25, 0.3) is 0 Å². The lowest BCUT2D eigenvalue weighted by atomic mass is 9.66. The highest BCUT2D eigenvalue weighted by Crippen LogP contribution is 2.58. The third kappa shape index (κ3) is 8.05. The van der Waals surface area contributed by atoms with Gasteiger partial charge >= 0.3 is 0 Å². The molecule has 2 aromatic rings. The van der Waals surface area contributed by atoms with Crippen molar-refractivity contribution in [1.82, 2.24) is 10.2 Å². The zero-order valence-corrected chi connectivity index (χ0v) is 23.1. The van der Waals surface area contributed by atoms with Crippen LogP contribution in [0.1, 0.15) is 43.2 Å². The van der Waals surface area contributed by atoms with Gasteiger partial charge in [0, 0.05) is 31.9 Å². The van der Waals surface area contributed by atoms with Gasteiger partial charge < -0.3 is 32.7 Å². The smallest absolute Gasteiger partial charge is 0.287 e. The molecule has 0 radical (unpaired) electrons. The molecule has 0 saturated heterocycles. The van der Waals surface area contributed by atoms with Crippen LogP contribution in [0, 0.1) is 0 Å². The number of aryl methyl sites for hydroxylation is 1. The zero-order valence-electron chi connectivity index (χ0n) is 23.1. The molecule has 1 aliphatic carbocycles. The molecular formula is C29H39F3N6O3. The van der Waals surface area contributed by atoms with Crippen molar-refractivity contribution in [2.45, 2.75) is 62.2 Å². The number of anilines is 1. The van der Waals surface area contributed by atoms with E-state index in [4.69, 9.17) is 17.2 Å². The molecule has 41 heavy (non-hydrogen) atoms. The summed E-state index contributed by atoms with van der Waals surface area (Å²) >= 11 is 0. The zero-order chi connectivity index (χ0) is 30.2. The van der Waals surface area contributed by atoms with Gasteiger partial charge in [-0.3, -0.25) is 14.4 Å². The van der Waals surface area contributed by atoms with E-state index in [0.29, 0.717) is 12.1 Å². The number of hydrogen-bond acceptors (Lipinski definition) is 6. The largest absolute Gasteiger partial charge is 0.343 e. The molecule has 3 amide bonds. The Hall–Kier alpha value is -3.48. The summed E-state index contributed by atoms with van der Waals surface area (Å²) in [6.07, 6.45) is 0.115. The molecular weight excluding hydrogens is 537 g/mol. The first-order valence-corrected chi connectivity index (χ1v) is 13.6. The van der Waals surface area contributed by atoms with Gasteiger partial charge in [-0.15, -0.1) is 0 Å². The molecule has 8 N–H and O–H groups in total. The molecule has 1 aliphatic rings. The van der Waals surface area contributed by atoms with E-state index in [1.54, 1.807) is 0 Å². The normalized spacial score (nSPS) is 20.8. The second-order valence-electron chi connectivity index (χ2n) is 10.5. The molecule has 224 valence electrons. The van der Waals surface area contributed by atoms with Crippen LogP contribution in [0.2, 0.25) is 0 Å². The Labute approximate surface area is 238 Å². The van der Waals surface area contributed by atoms with Gasteiger partial charge in [-0.2, -0.15) is 0 Å². The first-order chi connectivity index (χ1) is 19.4. The highest BCUT2D eigenvalue weighted by atomic mass is 19.3. The van der Waals surface area contributed by atoms with Crippen molar-refractivity contribution in [3.05, 3.63) is 65.7 Å². The van der Waals surface area contributed by atoms with E-state index in [1.807, 2.05) is 30.3 Å². The van der Waals surface area contributed by atoms with Crippen LogP contribution in [0.5, 0.6) is 0 Å². The Kier molecular flexibility index (Phi) is 10.9. The van der Waals surface area contributed by atoms with Gasteiger partial charge in [-0.1, -0.05) is 42.5 Å². The van der Waals surface area contributed by atoms with Crippen molar-refractivity contribution in [2.75, 3.05) is 31.5 Å². The van der Waals surface area contributed by atoms with E-state index in [2.05, 4.69) is 10.6 Å². The minimum Gasteiger partial charge on any atom is -0.343 e. The van der Waals surface area contributed by atoms with Crippen LogP contribution in [-0.2, 0) is 20.8 Å². The van der Waals surface area contributed by atoms with Crippen LogP contribution < -0.4 is 27.8 Å². The monoisotopic (exact) mass is 576 g/mol. The molecule has 9 nitrogen and oxygen atoms in total. The Morgan fingerprint density at radius 2 is 1.59 bits per heavy atom. The van der Waals surface area contributed by atoms with Crippen LogP contribution >= 0.6 is 0 Å². The molecule has 2 aromatic carbocycles. The second kappa shape index (κ2) is 13.9. The van der Waals surface area contributed by atoms with Crippen LogP contribution in [0.4, 0.5) is 18.9 Å². The van der Waals surface area contributed by atoms with Crippen molar-refractivity contribution in [3.8, 4) is 0 Å². The fourth-order valence-corrected chi connectivity index (χ4v) is 4.82. The summed E-state index contributed by atoms with van der Waals surface area (Å²) in [7, 11) is 0. The average Bonchev–Trinajstić information content (AvgIpc) is 2.94. The molecule has 1 saturated carbocycles. The van der Waals surface area contributed by atoms with Crippen molar-refractivity contribution >= 4 is 23.4 Å². The fraction of sp³-hybridized carbons (Fsp3) is 0.483. The lowest BCUT2D eigenvalue weighted by Gasteiger charge is -2.47. The predicted molar refractivity (Wildman–Crippen MR) is 151 cm³/mol. The van der Waals surface area contributed by atoms with Crippen LogP contribution in [0.15, 0.2) is 54.6 Å². The number of carbonyl (C=O) groups is 3. The van der Waals surface area contributed by atoms with E-state index in [1.165, 1.54) is 29.2 Å². The highest BCUT2D eigenvalue weighted by molar-refractivity contribution is 5.98. The number of nitrogens with one attached hydrogen (secondary N) is 2. The molecule has 12 heteroatoms. The lowest BCUT2D eigenvalue weighted by molar-refractivity contribution is -0.220. The summed E-state index contributed by atoms with van der Waals surface area (Å²) in [6.45, 7) is 1.90. The second-order valence-corrected chi connectivity index (χ2v) is 10.5. The standard InChI is InChI=1S/C29H39F3N6O3/c1-28(30)18-22(29(28,31)32)20-8-10-21(11-9-20)36-27(41)24(12-7-19-5-3-2-4-6-19)37-26(40)23(35)17-25(39)38(15-13-33)16-14-34/h2-6,8-11,22-24H,7,12-18,33-35H2,1H3,(H,36,41)(H,37,40). The first-order valence-electron chi connectivity index (χ1n) is 13.6. The van der Waals surface area contributed by atoms with Gasteiger partial charge in [0.1, 0.15) is 6.04 Å². The average molecular weight is 577 g/mol. The van der Waals surface area contributed by atoms with Gasteiger partial charge in [-0.05, 0) is 49.4 Å². The third-order valence-corrected chi connectivity index (χ3v) is 7.38.